The molecule has 152 valence electrons. The van der Waals surface area contributed by atoms with E-state index in [1.54, 1.807) is 19.1 Å². The molecule has 28 heavy (non-hydrogen) atoms. The molecule has 7 nitrogen and oxygen atoms in total. The van der Waals surface area contributed by atoms with Crippen molar-refractivity contribution in [2.24, 2.45) is 11.8 Å². The average Bonchev–Trinajstić information content (AvgIpc) is 3.25. The van der Waals surface area contributed by atoms with Gasteiger partial charge in [0.05, 0.1) is 17.6 Å². The Morgan fingerprint density at radius 1 is 1.29 bits per heavy atom. The molecule has 0 radical (unpaired) electrons. The number of rotatable bonds is 8. The summed E-state index contributed by atoms with van der Waals surface area (Å²) >= 11 is 6.15. The van der Waals surface area contributed by atoms with E-state index in [4.69, 9.17) is 25.6 Å². The molecule has 0 saturated heterocycles. The fraction of sp³-hybridized carbons (Fsp3) is 0.421. The van der Waals surface area contributed by atoms with Crippen LogP contribution in [0.15, 0.2) is 34.7 Å². The van der Waals surface area contributed by atoms with E-state index in [0.29, 0.717) is 29.1 Å². The zero-order valence-corrected chi connectivity index (χ0v) is 17.7. The van der Waals surface area contributed by atoms with Gasteiger partial charge in [-0.3, -0.25) is 4.57 Å². The lowest BCUT2D eigenvalue weighted by atomic mass is 10.2. The second kappa shape index (κ2) is 8.39. The van der Waals surface area contributed by atoms with Crippen LogP contribution in [-0.2, 0) is 15.6 Å². The molecule has 0 spiro atoms. The Balaban J connectivity index is 1.98. The number of halogens is 1. The lowest BCUT2D eigenvalue weighted by Gasteiger charge is -2.13. The van der Waals surface area contributed by atoms with E-state index >= 15 is 0 Å². The molecule has 2 N–H and O–H groups in total. The number of fused-ring (bicyclic) bond motifs is 1. The van der Waals surface area contributed by atoms with Gasteiger partial charge in [0.1, 0.15) is 0 Å². The predicted molar refractivity (Wildman–Crippen MR) is 109 cm³/mol. The molecule has 2 atom stereocenters. The molecule has 0 amide bonds. The summed E-state index contributed by atoms with van der Waals surface area (Å²) in [6.45, 7) is 6.39. The summed E-state index contributed by atoms with van der Waals surface area (Å²) in [4.78, 5) is 14.8. The number of aliphatic hydroxyl groups excluding tert-OH is 1. The molecule has 0 aliphatic carbocycles. The van der Waals surface area contributed by atoms with Crippen LogP contribution in [0.4, 0.5) is 0 Å². The smallest absolute Gasteiger partial charge is 0.393 e. The zero-order valence-electron chi connectivity index (χ0n) is 16.0. The average molecular weight is 427 g/mol. The number of imidazole rings is 1. The summed E-state index contributed by atoms with van der Waals surface area (Å²) in [7, 11) is -4.13. The Morgan fingerprint density at radius 3 is 2.71 bits per heavy atom. The highest BCUT2D eigenvalue weighted by Crippen LogP contribution is 2.42. The number of benzene rings is 1. The second-order valence-corrected chi connectivity index (χ2v) is 9.49. The molecule has 2 unspecified atom stereocenters. The van der Waals surface area contributed by atoms with Crippen molar-refractivity contribution in [1.82, 2.24) is 9.55 Å². The maximum atomic E-state index is 12.5. The van der Waals surface area contributed by atoms with Crippen molar-refractivity contribution in [1.29, 1.82) is 0 Å². The summed E-state index contributed by atoms with van der Waals surface area (Å²) in [5.41, 5.74) is 1.47. The predicted octanol–water partition coefficient (Wildman–Crippen LogP) is 4.06. The molecular weight excluding hydrogens is 403 g/mol. The van der Waals surface area contributed by atoms with Gasteiger partial charge in [-0.25, -0.2) is 4.98 Å². The molecule has 9 heteroatoms. The summed E-state index contributed by atoms with van der Waals surface area (Å²) in [6.07, 6.45) is 0. The van der Waals surface area contributed by atoms with Crippen LogP contribution < -0.4 is 5.50 Å². The summed E-state index contributed by atoms with van der Waals surface area (Å²) < 4.78 is 25.2. The number of furan rings is 1. The summed E-state index contributed by atoms with van der Waals surface area (Å²) in [5, 5.41) is 9.66. The van der Waals surface area contributed by atoms with Crippen molar-refractivity contribution in [2.45, 2.75) is 27.3 Å². The Hall–Kier alpha value is -1.63. The van der Waals surface area contributed by atoms with Gasteiger partial charge in [0.15, 0.2) is 11.6 Å². The lowest BCUT2D eigenvalue weighted by molar-refractivity contribution is 0.164. The normalized spacial score (nSPS) is 15.2. The Labute approximate surface area is 168 Å². The van der Waals surface area contributed by atoms with Crippen LogP contribution in [0.3, 0.4) is 0 Å². The van der Waals surface area contributed by atoms with Crippen LogP contribution in [0.1, 0.15) is 20.8 Å². The molecule has 0 aliphatic rings. The molecule has 3 aromatic rings. The second-order valence-electron chi connectivity index (χ2n) is 7.31. The van der Waals surface area contributed by atoms with E-state index in [1.807, 2.05) is 16.7 Å². The number of hydrogen-bond donors (Lipinski definition) is 2. The van der Waals surface area contributed by atoms with Gasteiger partial charge in [0.25, 0.3) is 0 Å². The largest absolute Gasteiger partial charge is 0.445 e. The standard InChI is InChI=1S/C19H24ClN2O5P/c1-12(2)9-22-16-8-14(20)4-5-15(16)21-19(22)17-6-7-18(27-17)28(24,25)26-11-13(3)10-23/h4-8,12-13,23H,9-11H2,1-3H3,(H,24,25). The first-order valence-electron chi connectivity index (χ1n) is 9.06. The Bertz CT molecular complexity index is 1010. The minimum atomic E-state index is -4.13. The molecule has 0 bridgehead atoms. The van der Waals surface area contributed by atoms with E-state index in [0.717, 1.165) is 11.0 Å². The van der Waals surface area contributed by atoms with Gasteiger partial charge >= 0.3 is 7.60 Å². The van der Waals surface area contributed by atoms with E-state index in [-0.39, 0.29) is 24.6 Å². The third-order valence-electron chi connectivity index (χ3n) is 4.19. The van der Waals surface area contributed by atoms with Crippen LogP contribution in [0, 0.1) is 11.8 Å². The topological polar surface area (TPSA) is 97.7 Å². The van der Waals surface area contributed by atoms with Gasteiger partial charge in [-0.2, -0.15) is 0 Å². The summed E-state index contributed by atoms with van der Waals surface area (Å²) in [5.74, 6) is 1.02. The fourth-order valence-corrected chi connectivity index (χ4v) is 4.01. The van der Waals surface area contributed by atoms with Crippen LogP contribution in [0.5, 0.6) is 0 Å². The van der Waals surface area contributed by atoms with E-state index in [9.17, 15) is 9.46 Å². The van der Waals surface area contributed by atoms with Crippen molar-refractivity contribution in [3.05, 3.63) is 35.4 Å². The first kappa shape index (κ1) is 21.1. The lowest BCUT2D eigenvalue weighted by Crippen LogP contribution is -2.12. The molecule has 3 rings (SSSR count). The van der Waals surface area contributed by atoms with Crippen molar-refractivity contribution < 1.29 is 23.5 Å². The number of aliphatic hydroxyl groups is 1. The minimum Gasteiger partial charge on any atom is -0.445 e. The SMILES string of the molecule is CC(C)Cn1c(-c2ccc(P(=O)(O)OCC(C)CO)o2)nc2ccc(Cl)cc21. The first-order valence-corrected chi connectivity index (χ1v) is 11.0. The maximum Gasteiger partial charge on any atom is 0.393 e. The van der Waals surface area contributed by atoms with Gasteiger partial charge < -0.3 is 23.5 Å². The van der Waals surface area contributed by atoms with Crippen LogP contribution in [-0.4, -0.2) is 32.8 Å². The zero-order chi connectivity index (χ0) is 20.5. The first-order chi connectivity index (χ1) is 13.2. The highest BCUT2D eigenvalue weighted by Gasteiger charge is 2.29. The monoisotopic (exact) mass is 426 g/mol. The molecule has 1 aromatic carbocycles. The molecular formula is C19H24ClN2O5P. The third-order valence-corrected chi connectivity index (χ3v) is 5.73. The highest BCUT2D eigenvalue weighted by molar-refractivity contribution is 7.60. The quantitative estimate of drug-likeness (QED) is 0.527. The highest BCUT2D eigenvalue weighted by atomic mass is 35.5. The Kier molecular flexibility index (Phi) is 6.32. The molecule has 2 aromatic heterocycles. The van der Waals surface area contributed by atoms with Gasteiger partial charge in [0, 0.05) is 24.1 Å². The van der Waals surface area contributed by atoms with E-state index in [1.165, 1.54) is 6.07 Å². The van der Waals surface area contributed by atoms with E-state index < -0.39 is 7.60 Å². The van der Waals surface area contributed by atoms with Crippen LogP contribution in [0.2, 0.25) is 5.02 Å². The Morgan fingerprint density at radius 2 is 2.04 bits per heavy atom. The van der Waals surface area contributed by atoms with Crippen LogP contribution in [0.25, 0.3) is 22.6 Å². The van der Waals surface area contributed by atoms with Gasteiger partial charge in [-0.15, -0.1) is 0 Å². The van der Waals surface area contributed by atoms with Gasteiger partial charge in [0.2, 0.25) is 5.50 Å². The number of aromatic nitrogens is 2. The third kappa shape index (κ3) is 4.50. The van der Waals surface area contributed by atoms with Crippen LogP contribution >= 0.6 is 19.2 Å². The number of nitrogens with zero attached hydrogens (tertiary/aromatic N) is 2. The number of hydrogen-bond acceptors (Lipinski definition) is 5. The molecule has 2 heterocycles. The van der Waals surface area contributed by atoms with Crippen molar-refractivity contribution in [2.75, 3.05) is 13.2 Å². The van der Waals surface area contributed by atoms with E-state index in [2.05, 4.69) is 18.8 Å². The van der Waals surface area contributed by atoms with Crippen molar-refractivity contribution in [3.8, 4) is 11.6 Å². The van der Waals surface area contributed by atoms with Gasteiger partial charge in [-0.1, -0.05) is 32.4 Å². The maximum absolute atomic E-state index is 12.5. The molecule has 0 aliphatic heterocycles. The fourth-order valence-electron chi connectivity index (χ4n) is 2.78. The van der Waals surface area contributed by atoms with Crippen molar-refractivity contribution in [3.63, 3.8) is 0 Å². The molecule has 0 saturated carbocycles. The van der Waals surface area contributed by atoms with Crippen molar-refractivity contribution >= 4 is 35.7 Å². The molecule has 0 fully saturated rings. The van der Waals surface area contributed by atoms with Gasteiger partial charge in [-0.05, 0) is 36.2 Å². The summed E-state index contributed by atoms with van der Waals surface area (Å²) in [6, 6.07) is 8.47. The minimum absolute atomic E-state index is 0.0509.